The molecule has 2 heterocycles. The Hall–Kier alpha value is -4.72. The van der Waals surface area contributed by atoms with Crippen molar-refractivity contribution in [3.63, 3.8) is 0 Å². The van der Waals surface area contributed by atoms with Gasteiger partial charge in [0.2, 0.25) is 0 Å². The minimum atomic E-state index is -0.365. The number of hydrogen-bond acceptors (Lipinski definition) is 8. The molecule has 4 aromatic rings. The van der Waals surface area contributed by atoms with E-state index in [-0.39, 0.29) is 47.4 Å². The Labute approximate surface area is 231 Å². The SMILES string of the molecule is COc1ccc([C@H]2COc3cc(O)ccc3[C@@H]2c2c(OC)cc(O)cc2[C@@H]2COc3cc(O)ccc3C2)c(O)c1. The van der Waals surface area contributed by atoms with Crippen LogP contribution < -0.4 is 18.9 Å². The third-order valence-electron chi connectivity index (χ3n) is 7.88. The van der Waals surface area contributed by atoms with Crippen molar-refractivity contribution in [2.24, 2.45) is 0 Å². The molecule has 0 aliphatic carbocycles. The van der Waals surface area contributed by atoms with Crippen LogP contribution in [0.5, 0.6) is 46.0 Å². The number of methoxy groups -OCH3 is 2. The van der Waals surface area contributed by atoms with Crippen molar-refractivity contribution < 1.29 is 39.4 Å². The number of fused-ring (bicyclic) bond motifs is 2. The lowest BCUT2D eigenvalue weighted by molar-refractivity contribution is 0.239. The fraction of sp³-hybridized carbons (Fsp3) is 0.250. The van der Waals surface area contributed by atoms with Crippen LogP contribution in [-0.4, -0.2) is 47.9 Å². The number of phenols is 4. The number of benzene rings is 4. The van der Waals surface area contributed by atoms with Crippen LogP contribution in [0.4, 0.5) is 0 Å². The van der Waals surface area contributed by atoms with Gasteiger partial charge in [-0.1, -0.05) is 18.2 Å². The lowest BCUT2D eigenvalue weighted by Crippen LogP contribution is -2.28. The average molecular weight is 543 g/mol. The van der Waals surface area contributed by atoms with E-state index >= 15 is 0 Å². The highest BCUT2D eigenvalue weighted by Crippen LogP contribution is 2.54. The molecule has 6 rings (SSSR count). The first-order valence-electron chi connectivity index (χ1n) is 13.0. The van der Waals surface area contributed by atoms with Gasteiger partial charge in [0.15, 0.2) is 0 Å². The molecular formula is C32H30O8. The summed E-state index contributed by atoms with van der Waals surface area (Å²) in [6.45, 7) is 0.563. The number of hydrogen-bond donors (Lipinski definition) is 4. The minimum Gasteiger partial charge on any atom is -0.508 e. The van der Waals surface area contributed by atoms with Gasteiger partial charge in [-0.15, -0.1) is 0 Å². The van der Waals surface area contributed by atoms with Crippen molar-refractivity contribution in [1.82, 2.24) is 0 Å². The zero-order valence-corrected chi connectivity index (χ0v) is 22.1. The summed E-state index contributed by atoms with van der Waals surface area (Å²) in [5.41, 5.74) is 4.12. The molecule has 2 aliphatic heterocycles. The number of ether oxygens (including phenoxy) is 4. The number of phenolic OH excluding ortho intramolecular Hbond substituents is 4. The molecule has 0 fully saturated rings. The molecule has 2 aliphatic rings. The fourth-order valence-electron chi connectivity index (χ4n) is 6.02. The maximum absolute atomic E-state index is 11.1. The topological polar surface area (TPSA) is 118 Å². The largest absolute Gasteiger partial charge is 0.508 e. The van der Waals surface area contributed by atoms with Gasteiger partial charge in [0, 0.05) is 58.7 Å². The Kier molecular flexibility index (Phi) is 6.46. The fourth-order valence-corrected chi connectivity index (χ4v) is 6.02. The highest BCUT2D eigenvalue weighted by atomic mass is 16.5. The first-order valence-corrected chi connectivity index (χ1v) is 13.0. The second-order valence-corrected chi connectivity index (χ2v) is 10.2. The van der Waals surface area contributed by atoms with E-state index in [1.165, 1.54) is 0 Å². The summed E-state index contributed by atoms with van der Waals surface area (Å²) in [5, 5.41) is 41.9. The summed E-state index contributed by atoms with van der Waals surface area (Å²) in [4.78, 5) is 0. The second kappa shape index (κ2) is 10.1. The molecule has 0 saturated carbocycles. The second-order valence-electron chi connectivity index (χ2n) is 10.2. The first kappa shape index (κ1) is 25.6. The molecule has 0 spiro atoms. The van der Waals surface area contributed by atoms with Crippen LogP contribution in [0.15, 0.2) is 66.7 Å². The molecule has 0 unspecified atom stereocenters. The molecule has 4 aromatic carbocycles. The van der Waals surface area contributed by atoms with E-state index < -0.39 is 0 Å². The Morgan fingerprint density at radius 1 is 0.675 bits per heavy atom. The van der Waals surface area contributed by atoms with E-state index in [1.807, 2.05) is 18.2 Å². The predicted molar refractivity (Wildman–Crippen MR) is 148 cm³/mol. The Balaban J connectivity index is 1.55. The van der Waals surface area contributed by atoms with Gasteiger partial charge in [-0.05, 0) is 41.8 Å². The van der Waals surface area contributed by atoms with Gasteiger partial charge in [0.05, 0.1) is 27.4 Å². The van der Waals surface area contributed by atoms with Crippen molar-refractivity contribution in [3.8, 4) is 46.0 Å². The highest BCUT2D eigenvalue weighted by molar-refractivity contribution is 5.60. The number of aromatic hydroxyl groups is 4. The molecule has 0 bridgehead atoms. The molecule has 0 radical (unpaired) electrons. The van der Waals surface area contributed by atoms with Crippen molar-refractivity contribution >= 4 is 0 Å². The Morgan fingerprint density at radius 3 is 2.15 bits per heavy atom. The van der Waals surface area contributed by atoms with Gasteiger partial charge < -0.3 is 39.4 Å². The van der Waals surface area contributed by atoms with Crippen LogP contribution in [0.25, 0.3) is 0 Å². The first-order chi connectivity index (χ1) is 19.4. The van der Waals surface area contributed by atoms with E-state index in [0.717, 1.165) is 22.3 Å². The van der Waals surface area contributed by atoms with E-state index in [9.17, 15) is 20.4 Å². The van der Waals surface area contributed by atoms with E-state index in [2.05, 4.69) is 0 Å². The van der Waals surface area contributed by atoms with Crippen LogP contribution in [0, 0.1) is 0 Å². The molecule has 8 heteroatoms. The molecule has 4 N–H and O–H groups in total. The standard InChI is InChI=1S/C32H30O8/c1-37-22-6-8-23(27(36)14-22)26-16-40-29-12-20(34)5-7-24(29)31(26)32-25(10-21(35)13-30(32)38-2)18-9-17-3-4-19(33)11-28(17)39-15-18/h3-8,10-14,18,26,31,33-36H,9,15-16H2,1-2H3/t18-,26+,31-/m0/s1. The van der Waals surface area contributed by atoms with Crippen LogP contribution in [0.3, 0.4) is 0 Å². The smallest absolute Gasteiger partial charge is 0.126 e. The van der Waals surface area contributed by atoms with E-state index in [1.54, 1.807) is 62.8 Å². The van der Waals surface area contributed by atoms with Crippen LogP contribution in [-0.2, 0) is 6.42 Å². The molecule has 206 valence electrons. The van der Waals surface area contributed by atoms with Gasteiger partial charge in [-0.25, -0.2) is 0 Å². The zero-order chi connectivity index (χ0) is 28.0. The lowest BCUT2D eigenvalue weighted by atomic mass is 9.71. The van der Waals surface area contributed by atoms with Crippen LogP contribution >= 0.6 is 0 Å². The third-order valence-corrected chi connectivity index (χ3v) is 7.88. The zero-order valence-electron chi connectivity index (χ0n) is 22.1. The summed E-state index contributed by atoms with van der Waals surface area (Å²) in [7, 11) is 3.11. The van der Waals surface area contributed by atoms with Gasteiger partial charge in [0.25, 0.3) is 0 Å². The van der Waals surface area contributed by atoms with Crippen LogP contribution in [0.1, 0.15) is 45.6 Å². The summed E-state index contributed by atoms with van der Waals surface area (Å²) >= 11 is 0. The molecule has 0 aromatic heterocycles. The maximum Gasteiger partial charge on any atom is 0.126 e. The monoisotopic (exact) mass is 542 g/mol. The Bertz CT molecular complexity index is 1580. The van der Waals surface area contributed by atoms with Crippen LogP contribution in [0.2, 0.25) is 0 Å². The average Bonchev–Trinajstić information content (AvgIpc) is 2.96. The normalized spacial score (nSPS) is 19.5. The van der Waals surface area contributed by atoms with Crippen molar-refractivity contribution in [1.29, 1.82) is 0 Å². The third kappa shape index (κ3) is 4.45. The van der Waals surface area contributed by atoms with Crippen molar-refractivity contribution in [3.05, 3.63) is 94.5 Å². The van der Waals surface area contributed by atoms with E-state index in [0.29, 0.717) is 41.6 Å². The van der Waals surface area contributed by atoms with Gasteiger partial charge in [-0.2, -0.15) is 0 Å². The molecule has 3 atom stereocenters. The van der Waals surface area contributed by atoms with Gasteiger partial charge >= 0.3 is 0 Å². The summed E-state index contributed by atoms with van der Waals surface area (Å²) < 4.78 is 23.4. The minimum absolute atomic E-state index is 0.0638. The predicted octanol–water partition coefficient (Wildman–Crippen LogP) is 5.55. The van der Waals surface area contributed by atoms with Gasteiger partial charge in [-0.3, -0.25) is 0 Å². The molecule has 0 saturated heterocycles. The molecule has 0 amide bonds. The highest BCUT2D eigenvalue weighted by Gasteiger charge is 2.40. The lowest BCUT2D eigenvalue weighted by Gasteiger charge is -2.38. The van der Waals surface area contributed by atoms with Crippen molar-refractivity contribution in [2.75, 3.05) is 27.4 Å². The number of rotatable bonds is 5. The molecule has 40 heavy (non-hydrogen) atoms. The summed E-state index contributed by atoms with van der Waals surface area (Å²) in [5.74, 6) is 1.73. The quantitative estimate of drug-likeness (QED) is 0.259. The Morgan fingerprint density at radius 2 is 1.40 bits per heavy atom. The van der Waals surface area contributed by atoms with E-state index in [4.69, 9.17) is 18.9 Å². The van der Waals surface area contributed by atoms with Gasteiger partial charge in [0.1, 0.15) is 46.0 Å². The summed E-state index contributed by atoms with van der Waals surface area (Å²) in [6, 6.07) is 18.7. The summed E-state index contributed by atoms with van der Waals surface area (Å²) in [6.07, 6.45) is 0.624. The maximum atomic E-state index is 11.1. The molecular weight excluding hydrogens is 512 g/mol. The van der Waals surface area contributed by atoms with Crippen molar-refractivity contribution in [2.45, 2.75) is 24.2 Å². The molecule has 8 nitrogen and oxygen atoms in total.